The van der Waals surface area contributed by atoms with Gasteiger partial charge in [0.15, 0.2) is 0 Å². The first kappa shape index (κ1) is 17.2. The van der Waals surface area contributed by atoms with E-state index >= 15 is 0 Å². The Morgan fingerprint density at radius 2 is 1.06 bits per heavy atom. The molecule has 0 aliphatic rings. The molecule has 0 unspecified atom stereocenters. The highest BCUT2D eigenvalue weighted by Gasteiger charge is 1.95. The molecule has 1 nitrogen and oxygen atoms in total. The number of ketones is 1. The third kappa shape index (κ3) is 16.1. The molecule has 0 amide bonds. The van der Waals surface area contributed by atoms with Crippen molar-refractivity contribution in [3.05, 3.63) is 0 Å². The highest BCUT2D eigenvalue weighted by molar-refractivity contribution is 9.09. The van der Waals surface area contributed by atoms with Crippen LogP contribution in [0.1, 0.15) is 84.0 Å². The number of hydrogen-bond acceptors (Lipinski definition) is 1. The molecular weight excluding hydrogens is 276 g/mol. The van der Waals surface area contributed by atoms with Gasteiger partial charge in [0.2, 0.25) is 0 Å². The fourth-order valence-electron chi connectivity index (χ4n) is 2.06. The van der Waals surface area contributed by atoms with Crippen molar-refractivity contribution in [3.63, 3.8) is 0 Å². The van der Waals surface area contributed by atoms with E-state index < -0.39 is 0 Å². The highest BCUT2D eigenvalue weighted by atomic mass is 79.9. The maximum atomic E-state index is 10.7. The average Bonchev–Trinajstić information content (AvgIpc) is 2.30. The molecule has 0 spiro atoms. The predicted molar refractivity (Wildman–Crippen MR) is 79.9 cm³/mol. The van der Waals surface area contributed by atoms with E-state index in [1.165, 1.54) is 64.2 Å². The molecule has 0 bridgehead atoms. The number of carbonyl (C=O) groups is 1. The lowest BCUT2D eigenvalue weighted by Gasteiger charge is -2.02. The molecule has 0 aliphatic carbocycles. The standard InChI is InChI=1S/C15H29BrO/c1-15(17)13-11-9-7-5-3-2-4-6-8-10-12-14-16/h2-14H2,1H3. The lowest BCUT2D eigenvalue weighted by atomic mass is 10.0. The van der Waals surface area contributed by atoms with Gasteiger partial charge in [0, 0.05) is 11.8 Å². The number of halogens is 1. The zero-order valence-electron chi connectivity index (χ0n) is 11.5. The fraction of sp³-hybridized carbons (Fsp3) is 0.933. The van der Waals surface area contributed by atoms with Crippen LogP contribution in [-0.2, 0) is 4.79 Å². The summed E-state index contributed by atoms with van der Waals surface area (Å²) < 4.78 is 0. The quantitative estimate of drug-likeness (QED) is 0.317. The molecule has 0 radical (unpaired) electrons. The summed E-state index contributed by atoms with van der Waals surface area (Å²) in [4.78, 5) is 10.7. The van der Waals surface area contributed by atoms with E-state index in [2.05, 4.69) is 15.9 Å². The maximum Gasteiger partial charge on any atom is 0.129 e. The topological polar surface area (TPSA) is 17.1 Å². The van der Waals surface area contributed by atoms with E-state index in [-0.39, 0.29) is 0 Å². The lowest BCUT2D eigenvalue weighted by Crippen LogP contribution is -1.89. The Kier molecular flexibility index (Phi) is 14.3. The van der Waals surface area contributed by atoms with Crippen molar-refractivity contribution < 1.29 is 4.79 Å². The van der Waals surface area contributed by atoms with E-state index in [1.807, 2.05) is 0 Å². The van der Waals surface area contributed by atoms with E-state index in [4.69, 9.17) is 0 Å². The molecule has 0 rings (SSSR count). The van der Waals surface area contributed by atoms with Crippen LogP contribution in [0.4, 0.5) is 0 Å². The Hall–Kier alpha value is 0.150. The molecule has 0 saturated carbocycles. The van der Waals surface area contributed by atoms with Gasteiger partial charge in [-0.3, -0.25) is 0 Å². The SMILES string of the molecule is CC(=O)CCCCCCCCCCCCCBr. The normalized spacial score (nSPS) is 10.7. The van der Waals surface area contributed by atoms with Crippen LogP contribution in [0.5, 0.6) is 0 Å². The minimum Gasteiger partial charge on any atom is -0.300 e. The first-order chi connectivity index (χ1) is 8.27. The number of unbranched alkanes of at least 4 members (excludes halogenated alkanes) is 10. The van der Waals surface area contributed by atoms with Crippen molar-refractivity contribution in [1.82, 2.24) is 0 Å². The van der Waals surface area contributed by atoms with Gasteiger partial charge in [0.1, 0.15) is 5.78 Å². The maximum absolute atomic E-state index is 10.7. The summed E-state index contributed by atoms with van der Waals surface area (Å²) in [6.07, 6.45) is 15.5. The molecule has 102 valence electrons. The highest BCUT2D eigenvalue weighted by Crippen LogP contribution is 2.12. The molecule has 0 aliphatic heterocycles. The van der Waals surface area contributed by atoms with Gasteiger partial charge in [-0.1, -0.05) is 73.7 Å². The molecule has 0 saturated heterocycles. The summed E-state index contributed by atoms with van der Waals surface area (Å²) in [6, 6.07) is 0. The summed E-state index contributed by atoms with van der Waals surface area (Å²) in [6.45, 7) is 1.69. The zero-order valence-corrected chi connectivity index (χ0v) is 13.1. The van der Waals surface area contributed by atoms with Crippen LogP contribution in [0.15, 0.2) is 0 Å². The van der Waals surface area contributed by atoms with Crippen molar-refractivity contribution in [1.29, 1.82) is 0 Å². The zero-order chi connectivity index (χ0) is 12.8. The monoisotopic (exact) mass is 304 g/mol. The molecule has 0 aromatic heterocycles. The van der Waals surface area contributed by atoms with Crippen molar-refractivity contribution in [2.45, 2.75) is 84.0 Å². The minimum absolute atomic E-state index is 0.341. The number of rotatable bonds is 13. The fourth-order valence-corrected chi connectivity index (χ4v) is 2.46. The summed E-state index contributed by atoms with van der Waals surface area (Å²) in [5.41, 5.74) is 0. The summed E-state index contributed by atoms with van der Waals surface area (Å²) in [5.74, 6) is 0.341. The van der Waals surface area contributed by atoms with Gasteiger partial charge in [-0.15, -0.1) is 0 Å². The van der Waals surface area contributed by atoms with Crippen LogP contribution in [0.25, 0.3) is 0 Å². The van der Waals surface area contributed by atoms with Crippen molar-refractivity contribution in [2.75, 3.05) is 5.33 Å². The number of Topliss-reactive ketones (excluding diaryl/α,β-unsaturated/α-hetero) is 1. The smallest absolute Gasteiger partial charge is 0.129 e. The van der Waals surface area contributed by atoms with Gasteiger partial charge in [0.05, 0.1) is 0 Å². The van der Waals surface area contributed by atoms with Gasteiger partial charge in [-0.05, 0) is 19.8 Å². The van der Waals surface area contributed by atoms with Crippen LogP contribution in [0.2, 0.25) is 0 Å². The largest absolute Gasteiger partial charge is 0.300 e. The molecular formula is C15H29BrO. The predicted octanol–water partition coefficient (Wildman–Crippen LogP) is 5.65. The Bertz CT molecular complexity index is 168. The lowest BCUT2D eigenvalue weighted by molar-refractivity contribution is -0.117. The van der Waals surface area contributed by atoms with Gasteiger partial charge in [0.25, 0.3) is 0 Å². The molecule has 0 heterocycles. The Labute approximate surface area is 116 Å². The third-order valence-electron chi connectivity index (χ3n) is 3.16. The van der Waals surface area contributed by atoms with E-state index in [9.17, 15) is 4.79 Å². The Balaban J connectivity index is 2.91. The third-order valence-corrected chi connectivity index (χ3v) is 3.72. The summed E-state index contributed by atoms with van der Waals surface area (Å²) in [5, 5.41) is 1.16. The second kappa shape index (κ2) is 14.2. The molecule has 0 atom stereocenters. The van der Waals surface area contributed by atoms with E-state index in [1.54, 1.807) is 6.92 Å². The van der Waals surface area contributed by atoms with Gasteiger partial charge < -0.3 is 4.79 Å². The van der Waals surface area contributed by atoms with Crippen LogP contribution in [-0.4, -0.2) is 11.1 Å². The molecule has 0 aromatic rings. The second-order valence-corrected chi connectivity index (χ2v) is 5.82. The van der Waals surface area contributed by atoms with Crippen LogP contribution < -0.4 is 0 Å². The molecule has 2 heteroatoms. The minimum atomic E-state index is 0.341. The Morgan fingerprint density at radius 3 is 1.41 bits per heavy atom. The summed E-state index contributed by atoms with van der Waals surface area (Å²) >= 11 is 3.46. The van der Waals surface area contributed by atoms with E-state index in [0.29, 0.717) is 5.78 Å². The van der Waals surface area contributed by atoms with Gasteiger partial charge in [-0.2, -0.15) is 0 Å². The average molecular weight is 305 g/mol. The van der Waals surface area contributed by atoms with Crippen molar-refractivity contribution in [2.24, 2.45) is 0 Å². The van der Waals surface area contributed by atoms with Crippen LogP contribution in [0, 0.1) is 0 Å². The van der Waals surface area contributed by atoms with Gasteiger partial charge >= 0.3 is 0 Å². The first-order valence-corrected chi connectivity index (χ1v) is 8.45. The first-order valence-electron chi connectivity index (χ1n) is 7.32. The second-order valence-electron chi connectivity index (χ2n) is 5.03. The number of hydrogen-bond donors (Lipinski definition) is 0. The van der Waals surface area contributed by atoms with Crippen molar-refractivity contribution >= 4 is 21.7 Å². The Morgan fingerprint density at radius 1 is 0.706 bits per heavy atom. The van der Waals surface area contributed by atoms with Crippen molar-refractivity contribution in [3.8, 4) is 0 Å². The number of carbonyl (C=O) groups excluding carboxylic acids is 1. The molecule has 0 N–H and O–H groups in total. The molecule has 0 fully saturated rings. The molecule has 0 aromatic carbocycles. The molecule has 17 heavy (non-hydrogen) atoms. The number of alkyl halides is 1. The van der Waals surface area contributed by atoms with Crippen LogP contribution >= 0.6 is 15.9 Å². The van der Waals surface area contributed by atoms with E-state index in [0.717, 1.165) is 18.2 Å². The summed E-state index contributed by atoms with van der Waals surface area (Å²) in [7, 11) is 0. The van der Waals surface area contributed by atoms with Gasteiger partial charge in [-0.25, -0.2) is 0 Å². The van der Waals surface area contributed by atoms with Crippen LogP contribution in [0.3, 0.4) is 0 Å².